The number of carbonyl (C=O) groups is 2. The average molecular weight is 201 g/mol. The molecule has 2 N–H and O–H groups in total. The summed E-state index contributed by atoms with van der Waals surface area (Å²) in [6.45, 7) is 0. The van der Waals surface area contributed by atoms with E-state index in [0.717, 1.165) is 0 Å². The first-order valence-electron chi connectivity index (χ1n) is 4.28. The van der Waals surface area contributed by atoms with Crippen molar-refractivity contribution < 1.29 is 9.59 Å². The normalized spacial score (nSPS) is 18.8. The molecule has 15 heavy (non-hydrogen) atoms. The van der Waals surface area contributed by atoms with E-state index in [0.29, 0.717) is 5.56 Å². The second kappa shape index (κ2) is 3.80. The lowest BCUT2D eigenvalue weighted by atomic mass is 10.2. The van der Waals surface area contributed by atoms with Crippen LogP contribution in [0.25, 0.3) is 0 Å². The Bertz CT molecular complexity index is 459. The second-order valence-electron chi connectivity index (χ2n) is 2.91. The quantitative estimate of drug-likeness (QED) is 0.445. The van der Waals surface area contributed by atoms with E-state index in [1.165, 1.54) is 0 Å². The van der Waals surface area contributed by atoms with Gasteiger partial charge in [-0.2, -0.15) is 0 Å². The summed E-state index contributed by atoms with van der Waals surface area (Å²) in [6.07, 6.45) is 3.22. The molecular formula is C10H7N3O2. The molecule has 0 spiro atoms. The number of hydrogen-bond donors (Lipinski definition) is 2. The maximum Gasteiger partial charge on any atom is 0.322 e. The van der Waals surface area contributed by atoms with Crippen molar-refractivity contribution in [1.29, 1.82) is 0 Å². The topological polar surface area (TPSA) is 71.1 Å². The Hall–Kier alpha value is -2.35. The average Bonchev–Trinajstić information content (AvgIpc) is 2.56. The molecule has 2 heterocycles. The van der Waals surface area contributed by atoms with Crippen molar-refractivity contribution in [1.82, 2.24) is 15.6 Å². The Balaban J connectivity index is 2.13. The van der Waals surface area contributed by atoms with E-state index < -0.39 is 18.0 Å². The third-order valence-electron chi connectivity index (χ3n) is 1.80. The van der Waals surface area contributed by atoms with Gasteiger partial charge in [-0.25, -0.2) is 4.79 Å². The summed E-state index contributed by atoms with van der Waals surface area (Å²) >= 11 is 0. The van der Waals surface area contributed by atoms with Crippen molar-refractivity contribution in [3.8, 4) is 11.8 Å². The van der Waals surface area contributed by atoms with Gasteiger partial charge in [-0.1, -0.05) is 11.8 Å². The molecule has 1 aromatic heterocycles. The number of nitrogens with zero attached hydrogens (tertiary/aromatic N) is 1. The third kappa shape index (κ3) is 2.11. The zero-order chi connectivity index (χ0) is 10.7. The first kappa shape index (κ1) is 9.21. The van der Waals surface area contributed by atoms with Gasteiger partial charge < -0.3 is 5.32 Å². The van der Waals surface area contributed by atoms with Crippen LogP contribution in [0.2, 0.25) is 0 Å². The molecule has 1 aliphatic heterocycles. The van der Waals surface area contributed by atoms with Crippen LogP contribution in [0.4, 0.5) is 4.79 Å². The smallest absolute Gasteiger partial charge is 0.316 e. The predicted octanol–water partition coefficient (Wildman–Crippen LogP) is -0.359. The van der Waals surface area contributed by atoms with Gasteiger partial charge in [-0.15, -0.1) is 0 Å². The zero-order valence-corrected chi connectivity index (χ0v) is 7.65. The van der Waals surface area contributed by atoms with Crippen LogP contribution in [-0.2, 0) is 4.79 Å². The Kier molecular flexibility index (Phi) is 2.33. The summed E-state index contributed by atoms with van der Waals surface area (Å²) in [5.41, 5.74) is 0.700. The second-order valence-corrected chi connectivity index (χ2v) is 2.91. The van der Waals surface area contributed by atoms with E-state index in [1.54, 1.807) is 24.5 Å². The van der Waals surface area contributed by atoms with Crippen LogP contribution in [-0.4, -0.2) is 23.0 Å². The first-order chi connectivity index (χ1) is 7.25. The number of hydrogen-bond acceptors (Lipinski definition) is 3. The van der Waals surface area contributed by atoms with E-state index >= 15 is 0 Å². The van der Waals surface area contributed by atoms with Crippen LogP contribution < -0.4 is 10.6 Å². The van der Waals surface area contributed by atoms with Crippen LogP contribution in [0.1, 0.15) is 5.56 Å². The molecule has 0 radical (unpaired) electrons. The largest absolute Gasteiger partial charge is 0.322 e. The highest BCUT2D eigenvalue weighted by Gasteiger charge is 2.27. The molecule has 1 saturated heterocycles. The highest BCUT2D eigenvalue weighted by molar-refractivity contribution is 6.05. The summed E-state index contributed by atoms with van der Waals surface area (Å²) < 4.78 is 0. The number of imide groups is 1. The number of rotatable bonds is 0. The van der Waals surface area contributed by atoms with E-state index in [2.05, 4.69) is 27.5 Å². The zero-order valence-electron chi connectivity index (χ0n) is 7.65. The molecule has 74 valence electrons. The van der Waals surface area contributed by atoms with E-state index in [-0.39, 0.29) is 0 Å². The molecular weight excluding hydrogens is 194 g/mol. The van der Waals surface area contributed by atoms with Gasteiger partial charge in [0.05, 0.1) is 0 Å². The number of carbonyl (C=O) groups excluding carboxylic acids is 2. The number of amides is 3. The predicted molar refractivity (Wildman–Crippen MR) is 51.6 cm³/mol. The van der Waals surface area contributed by atoms with Gasteiger partial charge in [0.25, 0.3) is 5.91 Å². The van der Waals surface area contributed by atoms with Crippen LogP contribution in [0.3, 0.4) is 0 Å². The molecule has 0 saturated carbocycles. The molecule has 3 amide bonds. The highest BCUT2D eigenvalue weighted by Crippen LogP contribution is 1.94. The fourth-order valence-electron chi connectivity index (χ4n) is 1.11. The lowest BCUT2D eigenvalue weighted by molar-refractivity contribution is -0.119. The van der Waals surface area contributed by atoms with Crippen molar-refractivity contribution in [2.45, 2.75) is 6.04 Å². The molecule has 1 aliphatic rings. The van der Waals surface area contributed by atoms with Crippen molar-refractivity contribution >= 4 is 11.9 Å². The lowest BCUT2D eigenvalue weighted by Gasteiger charge is -1.94. The van der Waals surface area contributed by atoms with Gasteiger partial charge in [0.15, 0.2) is 6.04 Å². The molecule has 0 aromatic carbocycles. The Labute approximate surface area is 85.9 Å². The highest BCUT2D eigenvalue weighted by atomic mass is 16.2. The summed E-state index contributed by atoms with van der Waals surface area (Å²) in [6, 6.07) is 2.25. The Morgan fingerprint density at radius 1 is 1.40 bits per heavy atom. The number of urea groups is 1. The van der Waals surface area contributed by atoms with Gasteiger partial charge in [-0.3, -0.25) is 15.1 Å². The van der Waals surface area contributed by atoms with Crippen molar-refractivity contribution in [3.05, 3.63) is 30.1 Å². The van der Waals surface area contributed by atoms with Crippen molar-refractivity contribution in [2.24, 2.45) is 0 Å². The third-order valence-corrected chi connectivity index (χ3v) is 1.80. The van der Waals surface area contributed by atoms with Crippen molar-refractivity contribution in [2.75, 3.05) is 0 Å². The summed E-state index contributed by atoms with van der Waals surface area (Å²) in [4.78, 5) is 25.7. The molecule has 0 unspecified atom stereocenters. The van der Waals surface area contributed by atoms with E-state index in [9.17, 15) is 9.59 Å². The summed E-state index contributed by atoms with van der Waals surface area (Å²) in [5, 5.41) is 4.48. The monoisotopic (exact) mass is 201 g/mol. The SMILES string of the molecule is O=C1NC(=O)[C@H](C#Cc2cccnc2)N1. The number of nitrogens with one attached hydrogen (secondary N) is 2. The summed E-state index contributed by atoms with van der Waals surface area (Å²) in [7, 11) is 0. The fraction of sp³-hybridized carbons (Fsp3) is 0.100. The molecule has 0 aliphatic carbocycles. The van der Waals surface area contributed by atoms with Crippen LogP contribution >= 0.6 is 0 Å². The van der Waals surface area contributed by atoms with Crippen molar-refractivity contribution in [3.63, 3.8) is 0 Å². The minimum absolute atomic E-state index is 0.420. The molecule has 1 fully saturated rings. The lowest BCUT2D eigenvalue weighted by Crippen LogP contribution is -2.26. The number of pyridine rings is 1. The standard InChI is InChI=1S/C10H7N3O2/c14-9-8(12-10(15)13-9)4-3-7-2-1-5-11-6-7/h1-2,5-6,8H,(H2,12,13,14,15)/t8-/m0/s1. The molecule has 0 bridgehead atoms. The maximum absolute atomic E-state index is 11.1. The molecule has 1 aromatic rings. The van der Waals surface area contributed by atoms with Gasteiger partial charge >= 0.3 is 6.03 Å². The fourth-order valence-corrected chi connectivity index (χ4v) is 1.11. The van der Waals surface area contributed by atoms with Gasteiger partial charge in [0, 0.05) is 18.0 Å². The van der Waals surface area contributed by atoms with Gasteiger partial charge in [0.1, 0.15) is 0 Å². The van der Waals surface area contributed by atoms with Crippen LogP contribution in [0.15, 0.2) is 24.5 Å². The molecule has 5 heteroatoms. The van der Waals surface area contributed by atoms with Crippen LogP contribution in [0, 0.1) is 11.8 Å². The first-order valence-corrected chi connectivity index (χ1v) is 4.28. The Morgan fingerprint density at radius 3 is 2.87 bits per heavy atom. The van der Waals surface area contributed by atoms with E-state index in [4.69, 9.17) is 0 Å². The van der Waals surface area contributed by atoms with Gasteiger partial charge in [0.2, 0.25) is 0 Å². The maximum atomic E-state index is 11.1. The minimum atomic E-state index is -0.766. The molecule has 2 rings (SSSR count). The van der Waals surface area contributed by atoms with E-state index in [1.807, 2.05) is 0 Å². The molecule has 5 nitrogen and oxygen atoms in total. The summed E-state index contributed by atoms with van der Waals surface area (Å²) in [5.74, 6) is 4.97. The molecule has 1 atom stereocenters. The Morgan fingerprint density at radius 2 is 2.27 bits per heavy atom. The van der Waals surface area contributed by atoms with Crippen LogP contribution in [0.5, 0.6) is 0 Å². The van der Waals surface area contributed by atoms with Gasteiger partial charge in [-0.05, 0) is 12.1 Å². The number of aromatic nitrogens is 1. The minimum Gasteiger partial charge on any atom is -0.316 e.